The molecule has 31 heavy (non-hydrogen) atoms. The number of rotatable bonds is 6. The first-order valence-electron chi connectivity index (χ1n) is 8.95. The minimum Gasteiger partial charge on any atom is -0.321 e. The molecule has 162 valence electrons. The van der Waals surface area contributed by atoms with Crippen LogP contribution in [-0.2, 0) is 6.18 Å². The Balaban J connectivity index is 2.06. The average Bonchev–Trinajstić information content (AvgIpc) is 2.69. The lowest BCUT2D eigenvalue weighted by Crippen LogP contribution is -2.20. The summed E-state index contributed by atoms with van der Waals surface area (Å²) < 4.78 is 38.5. The van der Waals surface area contributed by atoms with Crippen molar-refractivity contribution in [1.82, 2.24) is 15.0 Å². The van der Waals surface area contributed by atoms with Crippen molar-refractivity contribution in [3.05, 3.63) is 69.1 Å². The van der Waals surface area contributed by atoms with E-state index in [1.807, 2.05) is 25.1 Å². The molecule has 8 nitrogen and oxygen atoms in total. The first-order chi connectivity index (χ1) is 14.6. The summed E-state index contributed by atoms with van der Waals surface area (Å²) in [6.45, 7) is 4.05. The number of anilines is 4. The van der Waals surface area contributed by atoms with E-state index in [1.165, 1.54) is 0 Å². The summed E-state index contributed by atoms with van der Waals surface area (Å²) in [5, 5.41) is 14.1. The Hall–Kier alpha value is -3.47. The molecule has 1 aromatic carbocycles. The van der Waals surface area contributed by atoms with E-state index < -0.39 is 22.4 Å². The molecule has 0 spiro atoms. The summed E-state index contributed by atoms with van der Waals surface area (Å²) in [7, 11) is 0. The number of alkyl halides is 3. The Kier molecular flexibility index (Phi) is 6.25. The highest BCUT2D eigenvalue weighted by Gasteiger charge is 2.32. The van der Waals surface area contributed by atoms with Gasteiger partial charge in [0.1, 0.15) is 6.33 Å². The molecule has 2 heterocycles. The zero-order valence-corrected chi connectivity index (χ0v) is 17.1. The third-order valence-corrected chi connectivity index (χ3v) is 4.56. The molecule has 0 saturated carbocycles. The first-order valence-corrected chi connectivity index (χ1v) is 9.33. The smallest absolute Gasteiger partial charge is 0.321 e. The van der Waals surface area contributed by atoms with E-state index in [-0.39, 0.29) is 22.5 Å². The molecule has 3 aromatic rings. The quantitative estimate of drug-likeness (QED) is 0.380. The van der Waals surface area contributed by atoms with E-state index in [9.17, 15) is 23.3 Å². The number of pyridine rings is 1. The van der Waals surface area contributed by atoms with Crippen LogP contribution in [0.5, 0.6) is 0 Å². The van der Waals surface area contributed by atoms with E-state index in [1.54, 1.807) is 17.9 Å². The number of benzene rings is 1. The van der Waals surface area contributed by atoms with Crippen LogP contribution in [0.15, 0.2) is 42.9 Å². The second-order valence-electron chi connectivity index (χ2n) is 6.41. The summed E-state index contributed by atoms with van der Waals surface area (Å²) in [5.74, 6) is -0.449. The van der Waals surface area contributed by atoms with Gasteiger partial charge in [0.05, 0.1) is 15.5 Å². The van der Waals surface area contributed by atoms with Crippen LogP contribution in [0.3, 0.4) is 0 Å². The van der Waals surface area contributed by atoms with Crippen molar-refractivity contribution in [2.45, 2.75) is 20.0 Å². The van der Waals surface area contributed by atoms with Gasteiger partial charge in [-0.3, -0.25) is 10.1 Å². The molecule has 0 radical (unpaired) electrons. The maximum absolute atomic E-state index is 12.8. The zero-order chi connectivity index (χ0) is 22.8. The number of nitrogens with zero attached hydrogens (tertiary/aromatic N) is 5. The maximum Gasteiger partial charge on any atom is 0.417 e. The van der Waals surface area contributed by atoms with Crippen molar-refractivity contribution < 1.29 is 18.1 Å². The normalized spacial score (nSPS) is 11.3. The molecule has 0 fully saturated rings. The van der Waals surface area contributed by atoms with Gasteiger partial charge in [0, 0.05) is 18.4 Å². The number of hydrogen-bond donors (Lipinski definition) is 1. The minimum absolute atomic E-state index is 0.0126. The van der Waals surface area contributed by atoms with Crippen molar-refractivity contribution in [3.8, 4) is 0 Å². The third kappa shape index (κ3) is 4.82. The molecule has 12 heteroatoms. The summed E-state index contributed by atoms with van der Waals surface area (Å²) >= 11 is 5.91. The van der Waals surface area contributed by atoms with E-state index in [2.05, 4.69) is 20.3 Å². The van der Waals surface area contributed by atoms with Gasteiger partial charge in [0.25, 0.3) is 0 Å². The molecule has 0 bridgehead atoms. The lowest BCUT2D eigenvalue weighted by atomic mass is 10.2. The van der Waals surface area contributed by atoms with Crippen LogP contribution in [0.25, 0.3) is 0 Å². The molecular formula is C19H16ClF3N6O2. The highest BCUT2D eigenvalue weighted by atomic mass is 35.5. The van der Waals surface area contributed by atoms with E-state index in [0.29, 0.717) is 24.5 Å². The SMILES string of the molecule is CCN(c1cccc(C)c1)c1ncnc(Nc2ncc(C(F)(F)F)cc2Cl)c1[N+](=O)[O-]. The predicted molar refractivity (Wildman–Crippen MR) is 110 cm³/mol. The van der Waals surface area contributed by atoms with Gasteiger partial charge >= 0.3 is 11.9 Å². The van der Waals surface area contributed by atoms with Gasteiger partial charge in [-0.05, 0) is 37.6 Å². The Bertz CT molecular complexity index is 1130. The van der Waals surface area contributed by atoms with Crippen molar-refractivity contribution in [2.24, 2.45) is 0 Å². The van der Waals surface area contributed by atoms with Gasteiger partial charge in [-0.1, -0.05) is 23.7 Å². The lowest BCUT2D eigenvalue weighted by Gasteiger charge is -2.22. The second kappa shape index (κ2) is 8.72. The topological polar surface area (TPSA) is 97.1 Å². The average molecular weight is 453 g/mol. The molecule has 0 amide bonds. The fourth-order valence-electron chi connectivity index (χ4n) is 2.87. The van der Waals surface area contributed by atoms with Crippen molar-refractivity contribution in [1.29, 1.82) is 0 Å². The maximum atomic E-state index is 12.8. The highest BCUT2D eigenvalue weighted by Crippen LogP contribution is 2.38. The number of hydrogen-bond acceptors (Lipinski definition) is 7. The zero-order valence-electron chi connectivity index (χ0n) is 16.3. The van der Waals surface area contributed by atoms with E-state index in [0.717, 1.165) is 11.9 Å². The molecule has 2 aromatic heterocycles. The summed E-state index contributed by atoms with van der Waals surface area (Å²) in [6, 6.07) is 8.00. The van der Waals surface area contributed by atoms with Crippen molar-refractivity contribution in [3.63, 3.8) is 0 Å². The standard InChI is InChI=1S/C19H16ClF3N6O2/c1-3-28(13-6-4-5-11(2)7-13)18-15(29(30)31)17(25-10-26-18)27-16-14(20)8-12(9-24-16)19(21,22)23/h4-10H,3H2,1-2H3,(H,24,25,26,27). The summed E-state index contributed by atoms with van der Waals surface area (Å²) in [4.78, 5) is 24.4. The summed E-state index contributed by atoms with van der Waals surface area (Å²) in [6.07, 6.45) is -2.94. The van der Waals surface area contributed by atoms with Gasteiger partial charge < -0.3 is 10.2 Å². The molecule has 1 N–H and O–H groups in total. The van der Waals surface area contributed by atoms with Gasteiger partial charge in [0.2, 0.25) is 11.6 Å². The molecule has 0 aliphatic carbocycles. The molecule has 0 unspecified atom stereocenters. The number of aryl methyl sites for hydroxylation is 1. The van der Waals surface area contributed by atoms with Crippen LogP contribution < -0.4 is 10.2 Å². The molecule has 3 rings (SSSR count). The fourth-order valence-corrected chi connectivity index (χ4v) is 3.09. The Morgan fingerprint density at radius 3 is 2.52 bits per heavy atom. The molecule has 0 saturated heterocycles. The van der Waals surface area contributed by atoms with Gasteiger partial charge in [-0.25, -0.2) is 15.0 Å². The predicted octanol–water partition coefficient (Wildman–Crippen LogP) is 5.66. The Labute approximate surface area is 179 Å². The molecule has 0 aliphatic rings. The minimum atomic E-state index is -4.63. The molecule has 0 aliphatic heterocycles. The van der Waals surface area contributed by atoms with Crippen LogP contribution >= 0.6 is 11.6 Å². The number of nitrogens with one attached hydrogen (secondary N) is 1. The van der Waals surface area contributed by atoms with E-state index in [4.69, 9.17) is 11.6 Å². The first kappa shape index (κ1) is 22.2. The van der Waals surface area contributed by atoms with Crippen LogP contribution in [0.1, 0.15) is 18.1 Å². The Morgan fingerprint density at radius 1 is 1.19 bits per heavy atom. The van der Waals surface area contributed by atoms with Crippen LogP contribution in [-0.4, -0.2) is 26.4 Å². The second-order valence-corrected chi connectivity index (χ2v) is 6.82. The van der Waals surface area contributed by atoms with Crippen molar-refractivity contribution in [2.75, 3.05) is 16.8 Å². The summed E-state index contributed by atoms with van der Waals surface area (Å²) in [5.41, 5.74) is 0.119. The van der Waals surface area contributed by atoms with Crippen LogP contribution in [0, 0.1) is 17.0 Å². The number of nitro groups is 1. The highest BCUT2D eigenvalue weighted by molar-refractivity contribution is 6.33. The van der Waals surface area contributed by atoms with Crippen LogP contribution in [0.4, 0.5) is 42.0 Å². The number of halogens is 4. The molecule has 0 atom stereocenters. The van der Waals surface area contributed by atoms with Gasteiger partial charge in [-0.2, -0.15) is 13.2 Å². The van der Waals surface area contributed by atoms with Crippen LogP contribution in [0.2, 0.25) is 5.02 Å². The monoisotopic (exact) mass is 452 g/mol. The van der Waals surface area contributed by atoms with Crippen molar-refractivity contribution >= 4 is 40.4 Å². The number of aromatic nitrogens is 3. The lowest BCUT2D eigenvalue weighted by molar-refractivity contribution is -0.383. The van der Waals surface area contributed by atoms with Gasteiger partial charge in [-0.15, -0.1) is 0 Å². The largest absolute Gasteiger partial charge is 0.417 e. The van der Waals surface area contributed by atoms with E-state index >= 15 is 0 Å². The third-order valence-electron chi connectivity index (χ3n) is 4.28. The fraction of sp³-hybridized carbons (Fsp3) is 0.211. The Morgan fingerprint density at radius 2 is 1.94 bits per heavy atom. The molecular weight excluding hydrogens is 437 g/mol. The van der Waals surface area contributed by atoms with Gasteiger partial charge in [0.15, 0.2) is 5.82 Å².